The Hall–Kier alpha value is -1.91. The van der Waals surface area contributed by atoms with E-state index in [1.807, 2.05) is 6.08 Å². The molecule has 5 nitrogen and oxygen atoms in total. The van der Waals surface area contributed by atoms with Gasteiger partial charge in [0, 0.05) is 29.7 Å². The van der Waals surface area contributed by atoms with Gasteiger partial charge in [-0.1, -0.05) is 53.2 Å². The first kappa shape index (κ1) is 28.1. The Balaban J connectivity index is 1.73. The summed E-state index contributed by atoms with van der Waals surface area (Å²) in [5, 5.41) is 9.22. The Kier molecular flexibility index (Phi) is 7.12. The van der Waals surface area contributed by atoms with E-state index in [2.05, 4.69) is 47.6 Å². The van der Waals surface area contributed by atoms with Crippen molar-refractivity contribution in [2.75, 3.05) is 0 Å². The second kappa shape index (κ2) is 9.38. The maximum atomic E-state index is 12.9. The highest BCUT2D eigenvalue weighted by atomic mass is 16.5. The molecule has 3 fully saturated rings. The topological polar surface area (TPSA) is 80.7 Å². The monoisotopic (exact) mass is 512 g/mol. The highest BCUT2D eigenvalue weighted by Gasteiger charge is 2.68. The molecule has 4 aliphatic carbocycles. The molecule has 0 saturated heterocycles. The molecule has 8 atom stereocenters. The van der Waals surface area contributed by atoms with Gasteiger partial charge in [-0.15, -0.1) is 0 Å². The SMILES string of the molecule is CC(=O)O[C@H]1C=C2[C@H](CC[C@H]3C(C)(C)C(=O)CC[C@]23C)[C@]2(C)CC[C@H]([C@H](C)CC/C=C(/C)C(=O)O)[C@@]12C. The van der Waals surface area contributed by atoms with E-state index in [1.54, 1.807) is 6.92 Å². The predicted octanol–water partition coefficient (Wildman–Crippen LogP) is 7.15. The lowest BCUT2D eigenvalue weighted by Gasteiger charge is -2.64. The van der Waals surface area contributed by atoms with Crippen LogP contribution in [0.4, 0.5) is 0 Å². The van der Waals surface area contributed by atoms with Gasteiger partial charge in [0.2, 0.25) is 0 Å². The number of ether oxygens (including phenoxy) is 1. The molecule has 37 heavy (non-hydrogen) atoms. The molecule has 4 rings (SSSR count). The number of aliphatic carboxylic acids is 1. The Morgan fingerprint density at radius 2 is 1.78 bits per heavy atom. The van der Waals surface area contributed by atoms with E-state index in [9.17, 15) is 19.5 Å². The standard InChI is InChI=1S/C32H48O5/c1-19(10-9-11-20(2)28(35)36)22-14-17-31(7)23-12-13-25-29(4,5)26(34)15-16-30(25,6)24(23)18-27(32(22,31)8)37-21(3)33/h11,18-19,22-23,25,27H,9-10,12-17H2,1-8H3,(H,35,36)/b20-11-/t19-,22-,23+,25+,27+,30-,31+,32+/m1/s1. The van der Waals surface area contributed by atoms with Crippen molar-refractivity contribution in [2.45, 2.75) is 113 Å². The smallest absolute Gasteiger partial charge is 0.330 e. The fourth-order valence-electron chi connectivity index (χ4n) is 9.67. The normalized spacial score (nSPS) is 41.7. The summed E-state index contributed by atoms with van der Waals surface area (Å²) in [7, 11) is 0. The molecule has 0 bridgehead atoms. The second-order valence-corrected chi connectivity index (χ2v) is 14.0. The van der Waals surface area contributed by atoms with Crippen molar-refractivity contribution in [1.29, 1.82) is 0 Å². The number of carbonyl (C=O) groups excluding carboxylic acids is 2. The van der Waals surface area contributed by atoms with Crippen LogP contribution in [0.2, 0.25) is 0 Å². The number of ketones is 1. The molecule has 0 aromatic carbocycles. The van der Waals surface area contributed by atoms with Crippen LogP contribution in [0.25, 0.3) is 0 Å². The third-order valence-corrected chi connectivity index (χ3v) is 12.1. The van der Waals surface area contributed by atoms with Crippen LogP contribution in [0.5, 0.6) is 0 Å². The minimum Gasteiger partial charge on any atom is -0.478 e. The fourth-order valence-corrected chi connectivity index (χ4v) is 9.67. The van der Waals surface area contributed by atoms with Crippen LogP contribution in [-0.2, 0) is 19.1 Å². The molecular formula is C32H48O5. The summed E-state index contributed by atoms with van der Waals surface area (Å²) in [6, 6.07) is 0. The summed E-state index contributed by atoms with van der Waals surface area (Å²) in [4.78, 5) is 36.6. The number of esters is 1. The van der Waals surface area contributed by atoms with Crippen LogP contribution in [-0.4, -0.2) is 28.9 Å². The van der Waals surface area contributed by atoms with Crippen molar-refractivity contribution in [3.05, 3.63) is 23.3 Å². The number of rotatable bonds is 6. The van der Waals surface area contributed by atoms with Gasteiger partial charge in [-0.25, -0.2) is 4.79 Å². The minimum absolute atomic E-state index is 0.00251. The number of hydrogen-bond acceptors (Lipinski definition) is 4. The van der Waals surface area contributed by atoms with Crippen molar-refractivity contribution in [3.63, 3.8) is 0 Å². The van der Waals surface area contributed by atoms with Gasteiger partial charge in [0.25, 0.3) is 0 Å². The van der Waals surface area contributed by atoms with E-state index in [0.29, 0.717) is 41.4 Å². The zero-order valence-corrected chi connectivity index (χ0v) is 24.3. The molecule has 5 heteroatoms. The minimum atomic E-state index is -0.857. The van der Waals surface area contributed by atoms with E-state index in [1.165, 1.54) is 12.5 Å². The van der Waals surface area contributed by atoms with Gasteiger partial charge in [0.05, 0.1) is 0 Å². The Labute approximate surface area is 223 Å². The van der Waals surface area contributed by atoms with Crippen molar-refractivity contribution in [3.8, 4) is 0 Å². The highest BCUT2D eigenvalue weighted by molar-refractivity contribution is 5.86. The molecule has 0 aromatic heterocycles. The molecule has 4 aliphatic rings. The molecule has 0 spiro atoms. The molecule has 3 saturated carbocycles. The van der Waals surface area contributed by atoms with Gasteiger partial charge in [-0.3, -0.25) is 9.59 Å². The Morgan fingerprint density at radius 1 is 1.11 bits per heavy atom. The van der Waals surface area contributed by atoms with Crippen molar-refractivity contribution >= 4 is 17.7 Å². The lowest BCUT2D eigenvalue weighted by Crippen LogP contribution is -2.60. The summed E-state index contributed by atoms with van der Waals surface area (Å²) in [5.41, 5.74) is 1.28. The first-order chi connectivity index (χ1) is 17.1. The van der Waals surface area contributed by atoms with E-state index in [4.69, 9.17) is 4.74 Å². The highest BCUT2D eigenvalue weighted by Crippen LogP contribution is 2.73. The van der Waals surface area contributed by atoms with Crippen molar-refractivity contribution < 1.29 is 24.2 Å². The maximum absolute atomic E-state index is 12.9. The quantitative estimate of drug-likeness (QED) is 0.232. The van der Waals surface area contributed by atoms with Gasteiger partial charge < -0.3 is 9.84 Å². The summed E-state index contributed by atoms with van der Waals surface area (Å²) in [6.45, 7) is 17.0. The molecule has 0 aromatic rings. The molecule has 206 valence electrons. The van der Waals surface area contributed by atoms with Gasteiger partial charge in [-0.2, -0.15) is 0 Å². The molecule has 0 heterocycles. The first-order valence-corrected chi connectivity index (χ1v) is 14.4. The van der Waals surface area contributed by atoms with Gasteiger partial charge in [0.1, 0.15) is 11.9 Å². The Morgan fingerprint density at radius 3 is 2.41 bits per heavy atom. The number of fused-ring (bicyclic) bond motifs is 5. The third kappa shape index (κ3) is 4.14. The molecule has 0 unspecified atom stereocenters. The van der Waals surface area contributed by atoms with Crippen LogP contribution in [0.3, 0.4) is 0 Å². The number of Topliss-reactive ketones (excluding diaryl/α,β-unsaturated/α-hetero) is 1. The van der Waals surface area contributed by atoms with Crippen molar-refractivity contribution in [1.82, 2.24) is 0 Å². The molecule has 0 radical (unpaired) electrons. The fraction of sp³-hybridized carbons (Fsp3) is 0.781. The van der Waals surface area contributed by atoms with Crippen LogP contribution >= 0.6 is 0 Å². The van der Waals surface area contributed by atoms with Gasteiger partial charge in [-0.05, 0) is 92.4 Å². The Bertz CT molecular complexity index is 1040. The molecule has 0 aliphatic heterocycles. The summed E-state index contributed by atoms with van der Waals surface area (Å²) < 4.78 is 6.20. The van der Waals surface area contributed by atoms with Gasteiger partial charge >= 0.3 is 11.9 Å². The summed E-state index contributed by atoms with van der Waals surface area (Å²) in [5.74, 6) is 0.808. The van der Waals surface area contributed by atoms with E-state index < -0.39 is 5.97 Å². The number of carbonyl (C=O) groups is 3. The average Bonchev–Trinajstić information content (AvgIpc) is 3.09. The zero-order valence-electron chi connectivity index (χ0n) is 24.3. The molecule has 1 N–H and O–H groups in total. The predicted molar refractivity (Wildman–Crippen MR) is 145 cm³/mol. The average molecular weight is 513 g/mol. The van der Waals surface area contributed by atoms with Crippen LogP contribution < -0.4 is 0 Å². The number of hydrogen-bond donors (Lipinski definition) is 1. The maximum Gasteiger partial charge on any atom is 0.330 e. The van der Waals surface area contributed by atoms with E-state index >= 15 is 0 Å². The lowest BCUT2D eigenvalue weighted by molar-refractivity contribution is -0.168. The molecule has 0 amide bonds. The van der Waals surface area contributed by atoms with E-state index in [0.717, 1.165) is 44.9 Å². The van der Waals surface area contributed by atoms with E-state index in [-0.39, 0.29) is 33.7 Å². The van der Waals surface area contributed by atoms with Crippen LogP contribution in [0.1, 0.15) is 107 Å². The third-order valence-electron chi connectivity index (χ3n) is 12.1. The van der Waals surface area contributed by atoms with Crippen LogP contribution in [0.15, 0.2) is 23.3 Å². The van der Waals surface area contributed by atoms with Crippen LogP contribution in [0, 0.1) is 45.3 Å². The first-order valence-electron chi connectivity index (χ1n) is 14.4. The largest absolute Gasteiger partial charge is 0.478 e. The number of carboxylic acids is 1. The molecular weight excluding hydrogens is 464 g/mol. The lowest BCUT2D eigenvalue weighted by atomic mass is 9.41. The van der Waals surface area contributed by atoms with Gasteiger partial charge in [0.15, 0.2) is 0 Å². The number of carboxylic acid groups (broad SMARTS) is 1. The second-order valence-electron chi connectivity index (χ2n) is 14.0. The summed E-state index contributed by atoms with van der Waals surface area (Å²) in [6.07, 6.45) is 11.4. The number of allylic oxidation sites excluding steroid dienone is 2. The zero-order chi connectivity index (χ0) is 27.6. The van der Waals surface area contributed by atoms with Crippen molar-refractivity contribution in [2.24, 2.45) is 45.3 Å². The summed E-state index contributed by atoms with van der Waals surface area (Å²) >= 11 is 0.